The van der Waals surface area contributed by atoms with Gasteiger partial charge < -0.3 is 9.84 Å². The first-order valence-electron chi connectivity index (χ1n) is 6.38. The Morgan fingerprint density at radius 1 is 1.18 bits per heavy atom. The molecule has 3 rings (SSSR count). The summed E-state index contributed by atoms with van der Waals surface area (Å²) in [6, 6.07) is 9.34. The van der Waals surface area contributed by atoms with Gasteiger partial charge in [-0.25, -0.2) is 8.78 Å². The molecular formula is C15H10F4O3. The molecule has 0 radical (unpaired) electrons. The lowest BCUT2D eigenvalue weighted by atomic mass is 9.92. The Bertz CT molecular complexity index is 760. The molecular weight excluding hydrogens is 304 g/mol. The van der Waals surface area contributed by atoms with Gasteiger partial charge in [0.2, 0.25) is 0 Å². The number of benzene rings is 2. The van der Waals surface area contributed by atoms with Gasteiger partial charge in [-0.3, -0.25) is 4.79 Å². The number of carbonyl (C=O) groups excluding carboxylic acids is 1. The zero-order chi connectivity index (χ0) is 16.1. The molecule has 7 heteroatoms. The van der Waals surface area contributed by atoms with Crippen molar-refractivity contribution < 1.29 is 32.2 Å². The Morgan fingerprint density at radius 2 is 1.86 bits per heavy atom. The molecule has 1 aliphatic heterocycles. The number of hydrogen-bond donors (Lipinski definition) is 1. The summed E-state index contributed by atoms with van der Waals surface area (Å²) in [5.41, 5.74) is -0.0200. The van der Waals surface area contributed by atoms with Crippen LogP contribution in [0.1, 0.15) is 16.8 Å². The van der Waals surface area contributed by atoms with Gasteiger partial charge in [0, 0.05) is 5.39 Å². The van der Waals surface area contributed by atoms with E-state index in [1.807, 2.05) is 0 Å². The standard InChI is InChI=1S/C15H10F4O3/c16-13(17)15(18,19)14(21)7-11(20)10-6-5-8-3-1-2-4-9(8)12(10)22-14/h1-6,13,21H,7H2/t14-/m0/s1. The van der Waals surface area contributed by atoms with Crippen LogP contribution < -0.4 is 4.74 Å². The lowest BCUT2D eigenvalue weighted by molar-refractivity contribution is -0.315. The van der Waals surface area contributed by atoms with Crippen LogP contribution >= 0.6 is 0 Å². The fraction of sp³-hybridized carbons (Fsp3) is 0.267. The number of rotatable bonds is 2. The maximum Gasteiger partial charge on any atom is 0.371 e. The second-order valence-electron chi connectivity index (χ2n) is 5.07. The van der Waals surface area contributed by atoms with E-state index in [0.717, 1.165) is 0 Å². The van der Waals surface area contributed by atoms with Crippen LogP contribution in [0.4, 0.5) is 17.6 Å². The minimum atomic E-state index is -4.88. The molecule has 1 N–H and O–H groups in total. The number of aliphatic hydroxyl groups is 1. The topological polar surface area (TPSA) is 46.5 Å². The molecule has 0 unspecified atom stereocenters. The number of halogens is 4. The van der Waals surface area contributed by atoms with Gasteiger partial charge in [0.1, 0.15) is 5.75 Å². The van der Waals surface area contributed by atoms with Crippen molar-refractivity contribution in [3.63, 3.8) is 0 Å². The minimum Gasteiger partial charge on any atom is -0.454 e. The fourth-order valence-electron chi connectivity index (χ4n) is 2.45. The van der Waals surface area contributed by atoms with Crippen molar-refractivity contribution in [3.8, 4) is 5.75 Å². The number of fused-ring (bicyclic) bond motifs is 3. The van der Waals surface area contributed by atoms with Crippen LogP contribution in [-0.4, -0.2) is 29.0 Å². The lowest BCUT2D eigenvalue weighted by Gasteiger charge is -2.38. The quantitative estimate of drug-likeness (QED) is 0.864. The molecule has 2 aromatic carbocycles. The van der Waals surface area contributed by atoms with Crippen LogP contribution in [0.15, 0.2) is 36.4 Å². The van der Waals surface area contributed by atoms with E-state index >= 15 is 0 Å². The molecule has 0 amide bonds. The summed E-state index contributed by atoms with van der Waals surface area (Å²) in [4.78, 5) is 12.0. The van der Waals surface area contributed by atoms with Crippen molar-refractivity contribution in [3.05, 3.63) is 42.0 Å². The Morgan fingerprint density at radius 3 is 2.55 bits per heavy atom. The maximum atomic E-state index is 13.6. The molecule has 1 atom stereocenters. The molecule has 2 aromatic rings. The van der Waals surface area contributed by atoms with E-state index in [0.29, 0.717) is 5.39 Å². The van der Waals surface area contributed by atoms with Crippen LogP contribution in [-0.2, 0) is 0 Å². The van der Waals surface area contributed by atoms with E-state index in [1.54, 1.807) is 24.3 Å². The first kappa shape index (κ1) is 14.8. The molecule has 0 aliphatic carbocycles. The zero-order valence-corrected chi connectivity index (χ0v) is 11.0. The van der Waals surface area contributed by atoms with Gasteiger partial charge in [0.05, 0.1) is 12.0 Å². The Labute approximate surface area is 122 Å². The molecule has 0 fully saturated rings. The molecule has 1 aliphatic rings. The molecule has 0 spiro atoms. The van der Waals surface area contributed by atoms with Crippen molar-refractivity contribution in [2.75, 3.05) is 0 Å². The zero-order valence-electron chi connectivity index (χ0n) is 11.0. The van der Waals surface area contributed by atoms with Gasteiger partial charge in [-0.15, -0.1) is 0 Å². The summed E-state index contributed by atoms with van der Waals surface area (Å²) in [7, 11) is 0. The molecule has 1 heterocycles. The van der Waals surface area contributed by atoms with Crippen LogP contribution in [0.5, 0.6) is 5.75 Å². The van der Waals surface area contributed by atoms with E-state index in [-0.39, 0.29) is 16.7 Å². The van der Waals surface area contributed by atoms with Crippen molar-refractivity contribution in [2.45, 2.75) is 24.6 Å². The van der Waals surface area contributed by atoms with E-state index < -0.39 is 30.3 Å². The van der Waals surface area contributed by atoms with Gasteiger partial charge in [0.15, 0.2) is 5.78 Å². The van der Waals surface area contributed by atoms with Crippen molar-refractivity contribution in [1.29, 1.82) is 0 Å². The summed E-state index contributed by atoms with van der Waals surface area (Å²) < 4.78 is 57.2. The fourth-order valence-corrected chi connectivity index (χ4v) is 2.45. The van der Waals surface area contributed by atoms with E-state index in [4.69, 9.17) is 4.74 Å². The molecule has 116 valence electrons. The second kappa shape index (κ2) is 4.67. The third-order valence-electron chi connectivity index (χ3n) is 3.65. The minimum absolute atomic E-state index is 0.0200. The summed E-state index contributed by atoms with van der Waals surface area (Å²) in [6.45, 7) is 0. The van der Waals surface area contributed by atoms with Gasteiger partial charge in [-0.1, -0.05) is 30.3 Å². The van der Waals surface area contributed by atoms with Gasteiger partial charge >= 0.3 is 12.3 Å². The van der Waals surface area contributed by atoms with Gasteiger partial charge in [0.25, 0.3) is 5.79 Å². The summed E-state index contributed by atoms with van der Waals surface area (Å²) in [5.74, 6) is -9.64. The molecule has 0 aromatic heterocycles. The van der Waals surface area contributed by atoms with Crippen LogP contribution in [0, 0.1) is 0 Å². The van der Waals surface area contributed by atoms with Crippen LogP contribution in [0.2, 0.25) is 0 Å². The lowest BCUT2D eigenvalue weighted by Crippen LogP contribution is -2.59. The highest BCUT2D eigenvalue weighted by atomic mass is 19.3. The summed E-state index contributed by atoms with van der Waals surface area (Å²) in [5, 5.41) is 10.7. The first-order valence-corrected chi connectivity index (χ1v) is 6.38. The van der Waals surface area contributed by atoms with Crippen molar-refractivity contribution >= 4 is 16.6 Å². The Balaban J connectivity index is 2.19. The van der Waals surface area contributed by atoms with E-state index in [9.17, 15) is 27.5 Å². The number of hydrogen-bond acceptors (Lipinski definition) is 3. The largest absolute Gasteiger partial charge is 0.454 e. The second-order valence-corrected chi connectivity index (χ2v) is 5.07. The monoisotopic (exact) mass is 314 g/mol. The molecule has 0 saturated heterocycles. The SMILES string of the molecule is O=C1C[C@@](O)(C(F)(F)C(F)F)Oc2c1ccc1ccccc21. The third-order valence-corrected chi connectivity index (χ3v) is 3.65. The maximum absolute atomic E-state index is 13.6. The van der Waals surface area contributed by atoms with E-state index in [1.165, 1.54) is 12.1 Å². The molecule has 0 bridgehead atoms. The number of carbonyl (C=O) groups is 1. The first-order chi connectivity index (χ1) is 10.3. The number of ketones is 1. The van der Waals surface area contributed by atoms with Crippen LogP contribution in [0.3, 0.4) is 0 Å². The number of Topliss-reactive ketones (excluding diaryl/α,β-unsaturated/α-hetero) is 1. The van der Waals surface area contributed by atoms with Crippen LogP contribution in [0.25, 0.3) is 10.8 Å². The average Bonchev–Trinajstić information content (AvgIpc) is 2.46. The normalized spacial score (nSPS) is 21.8. The highest BCUT2D eigenvalue weighted by Crippen LogP contribution is 2.45. The smallest absolute Gasteiger partial charge is 0.371 e. The molecule has 22 heavy (non-hydrogen) atoms. The Kier molecular flexibility index (Phi) is 3.14. The van der Waals surface area contributed by atoms with Gasteiger partial charge in [-0.2, -0.15) is 8.78 Å². The van der Waals surface area contributed by atoms with E-state index in [2.05, 4.69) is 0 Å². The molecule has 0 saturated carbocycles. The van der Waals surface area contributed by atoms with Crippen molar-refractivity contribution in [1.82, 2.24) is 0 Å². The average molecular weight is 314 g/mol. The summed E-state index contributed by atoms with van der Waals surface area (Å²) in [6.07, 6.45) is -5.41. The molecule has 3 nitrogen and oxygen atoms in total. The van der Waals surface area contributed by atoms with Gasteiger partial charge in [-0.05, 0) is 11.5 Å². The number of ether oxygens (including phenoxy) is 1. The van der Waals surface area contributed by atoms with Crippen molar-refractivity contribution in [2.24, 2.45) is 0 Å². The highest BCUT2D eigenvalue weighted by molar-refractivity contribution is 6.06. The highest BCUT2D eigenvalue weighted by Gasteiger charge is 2.64. The number of alkyl halides is 4. The summed E-state index contributed by atoms with van der Waals surface area (Å²) >= 11 is 0. The predicted molar refractivity (Wildman–Crippen MR) is 69.4 cm³/mol. The third kappa shape index (κ3) is 1.96. The Hall–Kier alpha value is -2.15. The predicted octanol–water partition coefficient (Wildman–Crippen LogP) is 3.39.